The maximum atomic E-state index is 13.5. The van der Waals surface area contributed by atoms with Crippen molar-refractivity contribution in [2.24, 2.45) is 0 Å². The van der Waals surface area contributed by atoms with Crippen LogP contribution in [0.1, 0.15) is 18.4 Å². The zero-order valence-corrected chi connectivity index (χ0v) is 15.6. The molecule has 0 aliphatic rings. The molecule has 136 valence electrons. The molecule has 0 aliphatic carbocycles. The summed E-state index contributed by atoms with van der Waals surface area (Å²) in [6.07, 6.45) is 1.07. The number of carbonyl (C=O) groups excluding carboxylic acids is 1. The predicted molar refractivity (Wildman–Crippen MR) is 96.5 cm³/mol. The number of amides is 1. The van der Waals surface area contributed by atoms with Gasteiger partial charge in [0.1, 0.15) is 10.0 Å². The lowest BCUT2D eigenvalue weighted by Gasteiger charge is -2.15. The third-order valence-corrected chi connectivity index (χ3v) is 6.94. The summed E-state index contributed by atoms with van der Waals surface area (Å²) < 4.78 is 39.5. The summed E-state index contributed by atoms with van der Waals surface area (Å²) >= 11 is 1.17. The van der Waals surface area contributed by atoms with Crippen LogP contribution in [-0.2, 0) is 21.2 Å². The maximum Gasteiger partial charge on any atom is 0.252 e. The van der Waals surface area contributed by atoms with Crippen molar-refractivity contribution >= 4 is 27.3 Å². The molecule has 2 aromatic rings. The van der Waals surface area contributed by atoms with Gasteiger partial charge in [-0.15, -0.1) is 11.3 Å². The minimum atomic E-state index is -3.47. The Morgan fingerprint density at radius 2 is 2.00 bits per heavy atom. The van der Waals surface area contributed by atoms with Gasteiger partial charge in [-0.2, -0.15) is 0 Å². The van der Waals surface area contributed by atoms with Gasteiger partial charge in [-0.3, -0.25) is 4.79 Å². The van der Waals surface area contributed by atoms with Crippen LogP contribution in [0.2, 0.25) is 0 Å². The van der Waals surface area contributed by atoms with Crippen LogP contribution in [0.15, 0.2) is 46.0 Å². The Kier molecular flexibility index (Phi) is 7.10. The van der Waals surface area contributed by atoms with Crippen molar-refractivity contribution in [1.29, 1.82) is 0 Å². The molecule has 0 atom stereocenters. The zero-order chi connectivity index (χ0) is 18.3. The fourth-order valence-corrected chi connectivity index (χ4v) is 4.68. The maximum absolute atomic E-state index is 13.5. The van der Waals surface area contributed by atoms with Crippen LogP contribution in [0.3, 0.4) is 0 Å². The van der Waals surface area contributed by atoms with Crippen molar-refractivity contribution < 1.29 is 17.6 Å². The van der Waals surface area contributed by atoms with Gasteiger partial charge in [0, 0.05) is 26.6 Å². The average Bonchev–Trinajstić information content (AvgIpc) is 3.12. The lowest BCUT2D eigenvalue weighted by atomic mass is 10.1. The molecule has 0 saturated heterocycles. The molecule has 0 saturated carbocycles. The summed E-state index contributed by atoms with van der Waals surface area (Å²) in [7, 11) is -1.97. The first-order chi connectivity index (χ1) is 11.9. The van der Waals surface area contributed by atoms with E-state index in [0.717, 1.165) is 0 Å². The van der Waals surface area contributed by atoms with E-state index in [4.69, 9.17) is 0 Å². The van der Waals surface area contributed by atoms with E-state index < -0.39 is 10.0 Å². The molecule has 25 heavy (non-hydrogen) atoms. The minimum Gasteiger partial charge on any atom is -0.356 e. The number of hydrogen-bond donors (Lipinski definition) is 1. The lowest BCUT2D eigenvalue weighted by molar-refractivity contribution is -0.121. The van der Waals surface area contributed by atoms with Crippen LogP contribution in [0.5, 0.6) is 0 Å². The van der Waals surface area contributed by atoms with E-state index in [1.807, 2.05) is 0 Å². The predicted octanol–water partition coefficient (Wildman–Crippen LogP) is 2.65. The Morgan fingerprint density at radius 1 is 1.24 bits per heavy atom. The van der Waals surface area contributed by atoms with E-state index in [2.05, 4.69) is 5.32 Å². The van der Waals surface area contributed by atoms with E-state index in [1.54, 1.807) is 35.7 Å². The van der Waals surface area contributed by atoms with E-state index in [9.17, 15) is 17.6 Å². The molecule has 1 aromatic carbocycles. The fraction of sp³-hybridized carbons (Fsp3) is 0.353. The Bertz CT molecular complexity index is 792. The standard InChI is InChI=1S/C17H21FN2O3S2/c1-20(25(22,23)17-9-5-13-24-17)12-4-8-16(21)19-11-10-14-6-2-3-7-15(14)18/h2-3,5-7,9,13H,4,8,10-12H2,1H3,(H,19,21). The van der Waals surface area contributed by atoms with E-state index in [0.29, 0.717) is 29.2 Å². The van der Waals surface area contributed by atoms with Gasteiger partial charge >= 0.3 is 0 Å². The molecule has 0 radical (unpaired) electrons. The lowest BCUT2D eigenvalue weighted by Crippen LogP contribution is -2.30. The van der Waals surface area contributed by atoms with Gasteiger partial charge in [0.15, 0.2) is 0 Å². The third kappa shape index (κ3) is 5.62. The molecule has 8 heteroatoms. The second-order valence-corrected chi connectivity index (χ2v) is 8.77. The summed E-state index contributed by atoms with van der Waals surface area (Å²) in [5.74, 6) is -0.449. The smallest absolute Gasteiger partial charge is 0.252 e. The zero-order valence-electron chi connectivity index (χ0n) is 13.9. The topological polar surface area (TPSA) is 66.5 Å². The van der Waals surface area contributed by atoms with E-state index in [1.165, 1.54) is 28.8 Å². The highest BCUT2D eigenvalue weighted by Crippen LogP contribution is 2.19. The van der Waals surface area contributed by atoms with Crippen LogP contribution in [-0.4, -0.2) is 38.8 Å². The highest BCUT2D eigenvalue weighted by molar-refractivity contribution is 7.91. The van der Waals surface area contributed by atoms with Gasteiger partial charge in [-0.05, 0) is 35.9 Å². The number of nitrogens with one attached hydrogen (secondary N) is 1. The average molecular weight is 384 g/mol. The van der Waals surface area contributed by atoms with Crippen molar-refractivity contribution in [2.45, 2.75) is 23.5 Å². The van der Waals surface area contributed by atoms with Crippen LogP contribution < -0.4 is 5.32 Å². The molecule has 0 spiro atoms. The molecule has 1 N–H and O–H groups in total. The molecular weight excluding hydrogens is 363 g/mol. The highest BCUT2D eigenvalue weighted by atomic mass is 32.2. The number of halogens is 1. The molecule has 0 bridgehead atoms. The first kappa shape index (κ1) is 19.6. The van der Waals surface area contributed by atoms with Crippen molar-refractivity contribution in [2.75, 3.05) is 20.1 Å². The molecule has 2 rings (SSSR count). The second-order valence-electron chi connectivity index (χ2n) is 5.55. The van der Waals surface area contributed by atoms with E-state index >= 15 is 0 Å². The molecule has 5 nitrogen and oxygen atoms in total. The van der Waals surface area contributed by atoms with Gasteiger partial charge in [-0.1, -0.05) is 24.3 Å². The Hall–Kier alpha value is -1.77. The first-order valence-corrected chi connectivity index (χ1v) is 10.2. The van der Waals surface area contributed by atoms with Crippen molar-refractivity contribution in [1.82, 2.24) is 9.62 Å². The first-order valence-electron chi connectivity index (χ1n) is 7.91. The summed E-state index contributed by atoms with van der Waals surface area (Å²) in [5, 5.41) is 4.44. The molecule has 1 aromatic heterocycles. The second kappa shape index (κ2) is 9.07. The Morgan fingerprint density at radius 3 is 2.68 bits per heavy atom. The normalized spacial score (nSPS) is 11.6. The quantitative estimate of drug-likeness (QED) is 0.723. The number of rotatable bonds is 9. The van der Waals surface area contributed by atoms with Crippen LogP contribution in [0, 0.1) is 5.82 Å². The fourth-order valence-electron chi connectivity index (χ4n) is 2.27. The van der Waals surface area contributed by atoms with Gasteiger partial charge in [0.25, 0.3) is 10.0 Å². The molecule has 0 aliphatic heterocycles. The summed E-state index contributed by atoms with van der Waals surface area (Å²) in [4.78, 5) is 11.8. The minimum absolute atomic E-state index is 0.168. The molecule has 1 heterocycles. The number of carbonyl (C=O) groups is 1. The van der Waals surface area contributed by atoms with Gasteiger partial charge in [0.2, 0.25) is 5.91 Å². The Labute approximate surface area is 151 Å². The van der Waals surface area contributed by atoms with E-state index in [-0.39, 0.29) is 24.7 Å². The summed E-state index contributed by atoms with van der Waals surface area (Å²) in [6, 6.07) is 9.70. The Balaban J connectivity index is 1.69. The molecule has 1 amide bonds. The van der Waals surface area contributed by atoms with Crippen molar-refractivity contribution in [3.63, 3.8) is 0 Å². The van der Waals surface area contributed by atoms with Crippen LogP contribution in [0.4, 0.5) is 4.39 Å². The highest BCUT2D eigenvalue weighted by Gasteiger charge is 2.21. The van der Waals surface area contributed by atoms with Crippen molar-refractivity contribution in [3.8, 4) is 0 Å². The van der Waals surface area contributed by atoms with Gasteiger partial charge in [-0.25, -0.2) is 17.1 Å². The van der Waals surface area contributed by atoms with Gasteiger partial charge < -0.3 is 5.32 Å². The molecule has 0 fully saturated rings. The number of hydrogen-bond acceptors (Lipinski definition) is 4. The SMILES string of the molecule is CN(CCCC(=O)NCCc1ccccc1F)S(=O)(=O)c1cccs1. The van der Waals surface area contributed by atoms with Crippen LogP contribution >= 0.6 is 11.3 Å². The van der Waals surface area contributed by atoms with Gasteiger partial charge in [0.05, 0.1) is 0 Å². The summed E-state index contributed by atoms with van der Waals surface area (Å²) in [6.45, 7) is 0.615. The summed E-state index contributed by atoms with van der Waals surface area (Å²) in [5.41, 5.74) is 0.560. The monoisotopic (exact) mass is 384 g/mol. The van der Waals surface area contributed by atoms with Crippen molar-refractivity contribution in [3.05, 3.63) is 53.2 Å². The number of benzene rings is 1. The largest absolute Gasteiger partial charge is 0.356 e. The molecular formula is C17H21FN2O3S2. The number of sulfonamides is 1. The number of thiophene rings is 1. The third-order valence-electron chi connectivity index (χ3n) is 3.71. The molecule has 0 unspecified atom stereocenters. The van der Waals surface area contributed by atoms with Crippen LogP contribution in [0.25, 0.3) is 0 Å². The number of nitrogens with zero attached hydrogens (tertiary/aromatic N) is 1.